The second-order valence-electron chi connectivity index (χ2n) is 7.59. The molecule has 4 rings (SSSR count). The van der Waals surface area contributed by atoms with E-state index in [2.05, 4.69) is 0 Å². The maximum atomic E-state index is 12.4. The Morgan fingerprint density at radius 1 is 0.543 bits per heavy atom. The highest BCUT2D eigenvalue weighted by molar-refractivity contribution is 6.20. The Morgan fingerprint density at radius 3 is 1.40 bits per heavy atom. The lowest BCUT2D eigenvalue weighted by molar-refractivity contribution is 0.0464. The minimum absolute atomic E-state index is 0.106. The number of esters is 2. The van der Waals surface area contributed by atoms with Crippen molar-refractivity contribution in [3.05, 3.63) is 131 Å². The van der Waals surface area contributed by atoms with Gasteiger partial charge < -0.3 is 18.8 Å². The molecule has 0 saturated heterocycles. The van der Waals surface area contributed by atoms with E-state index in [0.717, 1.165) is 11.1 Å². The fraction of sp³-hybridized carbons (Fsp3) is 0.0714. The molecule has 0 aliphatic rings. The quantitative estimate of drug-likeness (QED) is 0.239. The Kier molecular flexibility index (Phi) is 8.16. The highest BCUT2D eigenvalue weighted by atomic mass is 16.6. The van der Waals surface area contributed by atoms with Gasteiger partial charge in [0.1, 0.15) is 24.7 Å². The zero-order valence-corrected chi connectivity index (χ0v) is 19.0. The highest BCUT2D eigenvalue weighted by Gasteiger charge is 2.11. The summed E-state index contributed by atoms with van der Waals surface area (Å²) in [5, 5.41) is 0. The number of rotatable bonds is 10. The largest absolute Gasteiger partial charge is 0.576 e. The second-order valence-corrected chi connectivity index (χ2v) is 7.59. The van der Waals surface area contributed by atoms with Gasteiger partial charge in [0.25, 0.3) is 0 Å². The second kappa shape index (κ2) is 12.1. The van der Waals surface area contributed by atoms with Gasteiger partial charge in [-0.2, -0.15) is 0 Å². The van der Waals surface area contributed by atoms with Crippen LogP contribution >= 0.6 is 0 Å². The van der Waals surface area contributed by atoms with Crippen LogP contribution in [-0.2, 0) is 22.7 Å². The monoisotopic (exact) mass is 466 g/mol. The van der Waals surface area contributed by atoms with Crippen molar-refractivity contribution in [3.8, 4) is 11.5 Å². The molecule has 0 spiro atoms. The molecular weight excluding hydrogens is 443 g/mol. The predicted octanol–water partition coefficient (Wildman–Crippen LogP) is 5.12. The summed E-state index contributed by atoms with van der Waals surface area (Å²) in [6, 6.07) is 32.3. The summed E-state index contributed by atoms with van der Waals surface area (Å²) in [5.74, 6) is 0.0269. The zero-order chi connectivity index (χ0) is 24.3. The van der Waals surface area contributed by atoms with Gasteiger partial charge in [-0.05, 0) is 47.5 Å². The molecule has 4 aromatic carbocycles. The van der Waals surface area contributed by atoms with Gasteiger partial charge in [0.05, 0.1) is 11.1 Å². The minimum Gasteiger partial charge on any atom is -0.528 e. The lowest BCUT2D eigenvalue weighted by Crippen LogP contribution is -2.12. The SMILES string of the molecule is O=C(OCc1ccccc1)c1cccc(OBOc2cccc(C(=O)OCc3ccccc3)c2)c1. The molecule has 0 aromatic heterocycles. The molecular formula is C28H23BO6. The molecule has 0 radical (unpaired) electrons. The fourth-order valence-electron chi connectivity index (χ4n) is 3.20. The first-order valence-corrected chi connectivity index (χ1v) is 11.1. The molecule has 0 amide bonds. The summed E-state index contributed by atoms with van der Waals surface area (Å²) in [6.45, 7) is 0.385. The first-order chi connectivity index (χ1) is 17.2. The molecule has 0 bridgehead atoms. The lowest BCUT2D eigenvalue weighted by Gasteiger charge is -2.10. The first-order valence-electron chi connectivity index (χ1n) is 11.1. The Labute approximate surface area is 204 Å². The van der Waals surface area contributed by atoms with E-state index >= 15 is 0 Å². The van der Waals surface area contributed by atoms with E-state index < -0.39 is 11.9 Å². The number of carbonyl (C=O) groups excluding carboxylic acids is 2. The van der Waals surface area contributed by atoms with Crippen LogP contribution in [0.4, 0.5) is 0 Å². The zero-order valence-electron chi connectivity index (χ0n) is 19.0. The van der Waals surface area contributed by atoms with Crippen LogP contribution < -0.4 is 9.31 Å². The van der Waals surface area contributed by atoms with Crippen LogP contribution in [0.3, 0.4) is 0 Å². The molecule has 7 heteroatoms. The summed E-state index contributed by atoms with van der Waals surface area (Å²) in [4.78, 5) is 24.7. The molecule has 0 heterocycles. The van der Waals surface area contributed by atoms with E-state index in [4.69, 9.17) is 18.8 Å². The fourth-order valence-corrected chi connectivity index (χ4v) is 3.20. The van der Waals surface area contributed by atoms with Crippen molar-refractivity contribution in [2.45, 2.75) is 13.2 Å². The number of ether oxygens (including phenoxy) is 2. The molecule has 0 N–H and O–H groups in total. The van der Waals surface area contributed by atoms with E-state index in [1.807, 2.05) is 60.7 Å². The van der Waals surface area contributed by atoms with Crippen LogP contribution in [0.1, 0.15) is 31.8 Å². The Balaban J connectivity index is 1.26. The van der Waals surface area contributed by atoms with Crippen LogP contribution in [0.2, 0.25) is 0 Å². The average molecular weight is 466 g/mol. The van der Waals surface area contributed by atoms with Crippen LogP contribution in [-0.4, -0.2) is 19.6 Å². The average Bonchev–Trinajstić information content (AvgIpc) is 2.92. The molecule has 35 heavy (non-hydrogen) atoms. The smallest absolute Gasteiger partial charge is 0.528 e. The molecule has 4 aromatic rings. The topological polar surface area (TPSA) is 71.1 Å². The van der Waals surface area contributed by atoms with Crippen molar-refractivity contribution >= 4 is 19.6 Å². The van der Waals surface area contributed by atoms with Crippen molar-refractivity contribution in [3.63, 3.8) is 0 Å². The Hall–Kier alpha value is -4.52. The third kappa shape index (κ3) is 7.24. The number of carbonyl (C=O) groups is 2. The molecule has 174 valence electrons. The van der Waals surface area contributed by atoms with E-state index in [-0.39, 0.29) is 20.9 Å². The maximum Gasteiger partial charge on any atom is 0.576 e. The minimum atomic E-state index is -0.443. The number of hydrogen-bond donors (Lipinski definition) is 0. The van der Waals surface area contributed by atoms with Gasteiger partial charge in [0.2, 0.25) is 0 Å². The summed E-state index contributed by atoms with van der Waals surface area (Å²) in [7, 11) is -0.106. The van der Waals surface area contributed by atoms with E-state index in [1.165, 1.54) is 0 Å². The molecule has 0 aliphatic heterocycles. The first kappa shape index (κ1) is 23.6. The van der Waals surface area contributed by atoms with Crippen molar-refractivity contribution in [2.24, 2.45) is 0 Å². The molecule has 6 nitrogen and oxygen atoms in total. The molecule has 0 saturated carbocycles. The van der Waals surface area contributed by atoms with E-state index in [1.54, 1.807) is 48.5 Å². The van der Waals surface area contributed by atoms with Gasteiger partial charge in [-0.3, -0.25) is 0 Å². The van der Waals surface area contributed by atoms with Gasteiger partial charge in [0, 0.05) is 0 Å². The standard InChI is InChI=1S/C28H23BO6/c30-27(32-19-21-9-3-1-4-10-21)23-13-7-15-25(17-23)34-29-35-26-16-8-14-24(18-26)28(31)33-20-22-11-5-2-6-12-22/h1-18,29H,19-20H2. The summed E-state index contributed by atoms with van der Waals surface area (Å²) >= 11 is 0. The summed E-state index contributed by atoms with van der Waals surface area (Å²) < 4.78 is 22.0. The van der Waals surface area contributed by atoms with Gasteiger partial charge in [0.15, 0.2) is 0 Å². The van der Waals surface area contributed by atoms with Crippen molar-refractivity contribution in [1.29, 1.82) is 0 Å². The van der Waals surface area contributed by atoms with E-state index in [9.17, 15) is 9.59 Å². The maximum absolute atomic E-state index is 12.4. The van der Waals surface area contributed by atoms with Gasteiger partial charge >= 0.3 is 19.6 Å². The van der Waals surface area contributed by atoms with Gasteiger partial charge in [-0.25, -0.2) is 9.59 Å². The van der Waals surface area contributed by atoms with Gasteiger partial charge in [-0.1, -0.05) is 72.8 Å². The van der Waals surface area contributed by atoms with Crippen LogP contribution in [0.15, 0.2) is 109 Å². The molecule has 0 unspecified atom stereocenters. The van der Waals surface area contributed by atoms with Crippen molar-refractivity contribution in [1.82, 2.24) is 0 Å². The Morgan fingerprint density at radius 2 is 0.971 bits per heavy atom. The van der Waals surface area contributed by atoms with Gasteiger partial charge in [-0.15, -0.1) is 0 Å². The third-order valence-electron chi connectivity index (χ3n) is 5.02. The normalized spacial score (nSPS) is 10.2. The molecule has 0 fully saturated rings. The van der Waals surface area contributed by atoms with E-state index in [0.29, 0.717) is 22.6 Å². The summed E-state index contributed by atoms with van der Waals surface area (Å²) in [6.07, 6.45) is 0. The van der Waals surface area contributed by atoms with Crippen molar-refractivity contribution in [2.75, 3.05) is 0 Å². The van der Waals surface area contributed by atoms with Crippen LogP contribution in [0, 0.1) is 0 Å². The summed E-state index contributed by atoms with van der Waals surface area (Å²) in [5.41, 5.74) is 2.57. The number of benzene rings is 4. The molecule has 0 atom stereocenters. The highest BCUT2D eigenvalue weighted by Crippen LogP contribution is 2.17. The third-order valence-corrected chi connectivity index (χ3v) is 5.02. The van der Waals surface area contributed by atoms with Crippen molar-refractivity contribution < 1.29 is 28.4 Å². The lowest BCUT2D eigenvalue weighted by atomic mass is 10.2. The number of hydrogen-bond acceptors (Lipinski definition) is 6. The molecule has 0 aliphatic carbocycles. The Bertz CT molecular complexity index is 1160. The van der Waals surface area contributed by atoms with Crippen LogP contribution in [0.25, 0.3) is 0 Å². The van der Waals surface area contributed by atoms with Crippen LogP contribution in [0.5, 0.6) is 11.5 Å². The predicted molar refractivity (Wildman–Crippen MR) is 132 cm³/mol.